The van der Waals surface area contributed by atoms with Crippen molar-refractivity contribution in [1.29, 1.82) is 0 Å². The Bertz CT molecular complexity index is 1140. The van der Waals surface area contributed by atoms with Crippen LogP contribution in [-0.4, -0.2) is 46.8 Å². The summed E-state index contributed by atoms with van der Waals surface area (Å²) in [6.07, 6.45) is 1.31. The van der Waals surface area contributed by atoms with Crippen LogP contribution in [0.4, 0.5) is 10.1 Å². The van der Waals surface area contributed by atoms with Gasteiger partial charge in [-0.2, -0.15) is 0 Å². The Kier molecular flexibility index (Phi) is 4.07. The molecule has 1 aromatic carbocycles. The highest BCUT2D eigenvalue weighted by Gasteiger charge is 2.27. The molecule has 3 aromatic rings. The molecule has 1 aliphatic heterocycles. The minimum atomic E-state index is -1.29. The number of nitrogens with zero attached hydrogens (tertiary/aromatic N) is 3. The molecule has 2 aromatic heterocycles. The van der Waals surface area contributed by atoms with Gasteiger partial charge in [0.25, 0.3) is 0 Å². The number of halogens is 1. The summed E-state index contributed by atoms with van der Waals surface area (Å²) in [6.45, 7) is 3.73. The topological polar surface area (TPSA) is 87.5 Å². The number of benzene rings is 1. The van der Waals surface area contributed by atoms with Crippen molar-refractivity contribution in [3.63, 3.8) is 0 Å². The molecule has 0 bridgehead atoms. The predicted molar refractivity (Wildman–Crippen MR) is 101 cm³/mol. The fourth-order valence-electron chi connectivity index (χ4n) is 3.47. The van der Waals surface area contributed by atoms with E-state index in [0.717, 1.165) is 0 Å². The molecule has 1 aliphatic rings. The fraction of sp³-hybridized carbons (Fsp3) is 0.316. The Balaban J connectivity index is 1.93. The number of aromatic nitrogens is 2. The normalized spacial score (nSPS) is 14.7. The number of likely N-dealkylation sites (N-methyl/N-ethyl adjacent to an activating group) is 1. The van der Waals surface area contributed by atoms with Gasteiger partial charge in [-0.25, -0.2) is 14.2 Å². The third-order valence-corrected chi connectivity index (χ3v) is 5.11. The van der Waals surface area contributed by atoms with Gasteiger partial charge in [0, 0.05) is 37.3 Å². The summed E-state index contributed by atoms with van der Waals surface area (Å²) < 4.78 is 16.2. The van der Waals surface area contributed by atoms with Gasteiger partial charge < -0.3 is 19.9 Å². The lowest BCUT2D eigenvalue weighted by Crippen LogP contribution is -2.57. The molecule has 0 unspecified atom stereocenters. The van der Waals surface area contributed by atoms with Crippen LogP contribution in [0.3, 0.4) is 0 Å². The Morgan fingerprint density at radius 3 is 2.74 bits per heavy atom. The van der Waals surface area contributed by atoms with E-state index < -0.39 is 11.4 Å². The standard InChI is InChI=1S/C19H19FN4O3/c1-3-23-9-13(19(26)27)17(25)12-4-10-5-14(20)16(6-15(10)22-18(12)23)24-7-11(8-24)21-2/h4-6,9,11,21H,3,7-8H2,1-2H3,(H,26,27). The van der Waals surface area contributed by atoms with Crippen LogP contribution in [-0.2, 0) is 6.54 Å². The van der Waals surface area contributed by atoms with Crippen LogP contribution in [0, 0.1) is 5.82 Å². The summed E-state index contributed by atoms with van der Waals surface area (Å²) in [5.41, 5.74) is 0.515. The fourth-order valence-corrected chi connectivity index (χ4v) is 3.47. The number of carbonyl (C=O) groups is 1. The molecule has 140 valence electrons. The monoisotopic (exact) mass is 370 g/mol. The molecule has 0 radical (unpaired) electrons. The molecule has 0 spiro atoms. The molecule has 1 fully saturated rings. The van der Waals surface area contributed by atoms with E-state index in [1.807, 2.05) is 18.9 Å². The van der Waals surface area contributed by atoms with Gasteiger partial charge in [0.05, 0.1) is 16.6 Å². The lowest BCUT2D eigenvalue weighted by molar-refractivity contribution is 0.0695. The van der Waals surface area contributed by atoms with Crippen molar-refractivity contribution < 1.29 is 14.3 Å². The van der Waals surface area contributed by atoms with Crippen LogP contribution >= 0.6 is 0 Å². The van der Waals surface area contributed by atoms with Crippen LogP contribution in [0.1, 0.15) is 17.3 Å². The van der Waals surface area contributed by atoms with E-state index in [9.17, 15) is 19.1 Å². The van der Waals surface area contributed by atoms with Crippen LogP contribution in [0.25, 0.3) is 21.9 Å². The Morgan fingerprint density at radius 1 is 1.37 bits per heavy atom. The second-order valence-corrected chi connectivity index (χ2v) is 6.71. The average molecular weight is 370 g/mol. The second kappa shape index (κ2) is 6.31. The quantitative estimate of drug-likeness (QED) is 0.681. The number of anilines is 1. The van der Waals surface area contributed by atoms with Gasteiger partial charge in [-0.05, 0) is 32.2 Å². The SMILES string of the molecule is CCn1cc(C(=O)O)c(=O)c2cc3cc(F)c(N4CC(NC)C4)cc3nc21. The lowest BCUT2D eigenvalue weighted by Gasteiger charge is -2.41. The smallest absolute Gasteiger partial charge is 0.341 e. The molecule has 1 saturated heterocycles. The molecule has 0 atom stereocenters. The van der Waals surface area contributed by atoms with Crippen molar-refractivity contribution in [2.24, 2.45) is 0 Å². The molecule has 3 heterocycles. The highest BCUT2D eigenvalue weighted by atomic mass is 19.1. The maximum Gasteiger partial charge on any atom is 0.341 e. The van der Waals surface area contributed by atoms with Gasteiger partial charge in [-0.1, -0.05) is 0 Å². The Morgan fingerprint density at radius 2 is 2.11 bits per heavy atom. The molecule has 27 heavy (non-hydrogen) atoms. The van der Waals surface area contributed by atoms with Gasteiger partial charge in [0.2, 0.25) is 5.43 Å². The van der Waals surface area contributed by atoms with Crippen molar-refractivity contribution >= 4 is 33.6 Å². The number of hydrogen-bond acceptors (Lipinski definition) is 5. The first-order valence-electron chi connectivity index (χ1n) is 8.76. The zero-order valence-corrected chi connectivity index (χ0v) is 15.0. The number of pyridine rings is 2. The van der Waals surface area contributed by atoms with E-state index in [-0.39, 0.29) is 16.8 Å². The van der Waals surface area contributed by atoms with Crippen LogP contribution < -0.4 is 15.6 Å². The third kappa shape index (κ3) is 2.73. The summed E-state index contributed by atoms with van der Waals surface area (Å²) in [5.74, 6) is -1.67. The zero-order chi connectivity index (χ0) is 19.3. The number of carboxylic acids is 1. The number of rotatable bonds is 4. The van der Waals surface area contributed by atoms with Crippen LogP contribution in [0.15, 0.2) is 29.2 Å². The summed E-state index contributed by atoms with van der Waals surface area (Å²) in [6, 6.07) is 4.90. The van der Waals surface area contributed by atoms with Gasteiger partial charge >= 0.3 is 5.97 Å². The second-order valence-electron chi connectivity index (χ2n) is 6.71. The summed E-state index contributed by atoms with van der Waals surface area (Å²) in [7, 11) is 1.88. The maximum atomic E-state index is 14.6. The Hall–Kier alpha value is -3.00. The number of fused-ring (bicyclic) bond motifs is 2. The molecule has 8 heteroatoms. The van der Waals surface area contributed by atoms with E-state index in [1.165, 1.54) is 18.3 Å². The Labute approximate surface area is 154 Å². The van der Waals surface area contributed by atoms with Crippen molar-refractivity contribution in [2.75, 3.05) is 25.0 Å². The minimum absolute atomic E-state index is 0.176. The average Bonchev–Trinajstić information content (AvgIpc) is 2.60. The largest absolute Gasteiger partial charge is 0.477 e. The van der Waals surface area contributed by atoms with E-state index in [0.29, 0.717) is 47.9 Å². The van der Waals surface area contributed by atoms with Crippen molar-refractivity contribution in [1.82, 2.24) is 14.9 Å². The molecule has 2 N–H and O–H groups in total. The maximum absolute atomic E-state index is 14.6. The van der Waals surface area contributed by atoms with Gasteiger partial charge in [-0.15, -0.1) is 0 Å². The van der Waals surface area contributed by atoms with E-state index >= 15 is 0 Å². The minimum Gasteiger partial charge on any atom is -0.477 e. The first kappa shape index (κ1) is 17.4. The number of carboxylic acid groups (broad SMARTS) is 1. The number of nitrogens with one attached hydrogen (secondary N) is 1. The van der Waals surface area contributed by atoms with Crippen molar-refractivity contribution in [2.45, 2.75) is 19.5 Å². The van der Waals surface area contributed by atoms with E-state index in [2.05, 4.69) is 10.3 Å². The third-order valence-electron chi connectivity index (χ3n) is 5.11. The van der Waals surface area contributed by atoms with Gasteiger partial charge in [0.15, 0.2) is 0 Å². The predicted octanol–water partition coefficient (Wildman–Crippen LogP) is 1.81. The summed E-state index contributed by atoms with van der Waals surface area (Å²) >= 11 is 0. The number of aromatic carboxylic acids is 1. The van der Waals surface area contributed by atoms with Crippen molar-refractivity contribution in [3.05, 3.63) is 46.0 Å². The van der Waals surface area contributed by atoms with Gasteiger partial charge in [0.1, 0.15) is 17.0 Å². The highest BCUT2D eigenvalue weighted by Crippen LogP contribution is 2.29. The van der Waals surface area contributed by atoms with Crippen LogP contribution in [0.5, 0.6) is 0 Å². The van der Waals surface area contributed by atoms with E-state index in [4.69, 9.17) is 0 Å². The molecule has 0 saturated carbocycles. The van der Waals surface area contributed by atoms with Crippen LogP contribution in [0.2, 0.25) is 0 Å². The summed E-state index contributed by atoms with van der Waals surface area (Å²) in [4.78, 5) is 30.4. The molecular weight excluding hydrogens is 351 g/mol. The summed E-state index contributed by atoms with van der Waals surface area (Å²) in [5, 5.41) is 13.1. The molecule has 0 aliphatic carbocycles. The van der Waals surface area contributed by atoms with E-state index in [1.54, 1.807) is 10.6 Å². The van der Waals surface area contributed by atoms with Gasteiger partial charge in [-0.3, -0.25) is 4.79 Å². The molecule has 0 amide bonds. The van der Waals surface area contributed by atoms with Crippen molar-refractivity contribution in [3.8, 4) is 0 Å². The lowest BCUT2D eigenvalue weighted by atomic mass is 10.1. The zero-order valence-electron chi connectivity index (χ0n) is 15.0. The number of aryl methyl sites for hydroxylation is 1. The molecule has 7 nitrogen and oxygen atoms in total. The molecular formula is C19H19FN4O3. The highest BCUT2D eigenvalue weighted by molar-refractivity contribution is 5.96. The first-order valence-corrected chi connectivity index (χ1v) is 8.76. The molecule has 4 rings (SSSR count). The first-order chi connectivity index (χ1) is 12.9. The number of hydrogen-bond donors (Lipinski definition) is 2.